The van der Waals surface area contributed by atoms with Gasteiger partial charge in [0, 0.05) is 52.0 Å². The molecule has 2 fully saturated rings. The average molecular weight is 484 g/mol. The molecule has 0 aliphatic carbocycles. The minimum atomic E-state index is 0. The second-order valence-electron chi connectivity index (χ2n) is 6.68. The molecule has 0 bridgehead atoms. The molecule has 1 unspecified atom stereocenters. The maximum absolute atomic E-state index is 5.90. The number of hydrogen-bond donors (Lipinski definition) is 2. The van der Waals surface area contributed by atoms with Crippen molar-refractivity contribution in [1.29, 1.82) is 0 Å². The molecular formula is C18H37IN4O3. The van der Waals surface area contributed by atoms with Crippen LogP contribution in [0.5, 0.6) is 0 Å². The number of morpholine rings is 1. The molecule has 2 N–H and O–H groups in total. The molecule has 1 atom stereocenters. The number of nitrogens with one attached hydrogen (secondary N) is 2. The summed E-state index contributed by atoms with van der Waals surface area (Å²) in [5.74, 6) is 0.897. The molecule has 26 heavy (non-hydrogen) atoms. The van der Waals surface area contributed by atoms with Crippen LogP contribution in [-0.2, 0) is 14.2 Å². The van der Waals surface area contributed by atoms with Gasteiger partial charge in [0.2, 0.25) is 0 Å². The van der Waals surface area contributed by atoms with Crippen LogP contribution in [0.25, 0.3) is 0 Å². The molecule has 2 saturated heterocycles. The first-order valence-electron chi connectivity index (χ1n) is 9.83. The number of halogens is 1. The minimum absolute atomic E-state index is 0. The maximum Gasteiger partial charge on any atom is 0.191 e. The van der Waals surface area contributed by atoms with Crippen molar-refractivity contribution in [1.82, 2.24) is 15.5 Å². The third-order valence-corrected chi connectivity index (χ3v) is 4.66. The molecule has 0 aromatic carbocycles. The standard InChI is InChI=1S/C18H36N4O3.HI/c1-3-19-18(21-15-16(2)22-8-13-24-14-9-22)20-7-4-10-25-17-5-11-23-12-6-17;/h16-17H,3-15H2,1-2H3,(H2,19,20,21);1H. The van der Waals surface area contributed by atoms with Gasteiger partial charge in [-0.1, -0.05) is 0 Å². The zero-order valence-corrected chi connectivity index (χ0v) is 18.7. The Bertz CT molecular complexity index is 375. The Morgan fingerprint density at radius 3 is 2.54 bits per heavy atom. The third kappa shape index (κ3) is 9.68. The van der Waals surface area contributed by atoms with Crippen molar-refractivity contribution < 1.29 is 14.2 Å². The van der Waals surface area contributed by atoms with E-state index < -0.39 is 0 Å². The van der Waals surface area contributed by atoms with Crippen LogP contribution < -0.4 is 10.6 Å². The highest BCUT2D eigenvalue weighted by Crippen LogP contribution is 2.10. The van der Waals surface area contributed by atoms with E-state index in [1.807, 2.05) is 0 Å². The number of hydrogen-bond acceptors (Lipinski definition) is 5. The van der Waals surface area contributed by atoms with Crippen LogP contribution in [0.4, 0.5) is 0 Å². The first-order chi connectivity index (χ1) is 12.3. The van der Waals surface area contributed by atoms with E-state index in [1.54, 1.807) is 0 Å². The van der Waals surface area contributed by atoms with Crippen molar-refractivity contribution in [2.75, 3.05) is 65.8 Å². The van der Waals surface area contributed by atoms with Gasteiger partial charge in [0.15, 0.2) is 5.96 Å². The predicted molar refractivity (Wildman–Crippen MR) is 116 cm³/mol. The molecule has 0 amide bonds. The lowest BCUT2D eigenvalue weighted by atomic mass is 10.1. The van der Waals surface area contributed by atoms with Gasteiger partial charge in [-0.05, 0) is 33.1 Å². The fraction of sp³-hybridized carbons (Fsp3) is 0.944. The zero-order chi connectivity index (χ0) is 17.7. The number of guanidine groups is 1. The van der Waals surface area contributed by atoms with Gasteiger partial charge in [-0.15, -0.1) is 24.0 Å². The van der Waals surface area contributed by atoms with Crippen molar-refractivity contribution in [3.05, 3.63) is 0 Å². The fourth-order valence-corrected chi connectivity index (χ4v) is 3.07. The van der Waals surface area contributed by atoms with Gasteiger partial charge in [0.05, 0.1) is 25.9 Å². The number of aliphatic imine (C=N–C) groups is 1. The van der Waals surface area contributed by atoms with Crippen LogP contribution in [-0.4, -0.2) is 88.8 Å². The summed E-state index contributed by atoms with van der Waals surface area (Å²) >= 11 is 0. The lowest BCUT2D eigenvalue weighted by Crippen LogP contribution is -2.44. The molecule has 154 valence electrons. The molecule has 2 aliphatic heterocycles. The molecular weight excluding hydrogens is 447 g/mol. The average Bonchev–Trinajstić information content (AvgIpc) is 2.67. The molecule has 0 saturated carbocycles. The summed E-state index contributed by atoms with van der Waals surface area (Å²) in [6.07, 6.45) is 3.42. The quantitative estimate of drug-likeness (QED) is 0.224. The molecule has 8 heteroatoms. The lowest BCUT2D eigenvalue weighted by molar-refractivity contribution is -0.0320. The van der Waals surface area contributed by atoms with E-state index in [4.69, 9.17) is 19.2 Å². The van der Waals surface area contributed by atoms with Crippen molar-refractivity contribution in [3.63, 3.8) is 0 Å². The van der Waals surface area contributed by atoms with Crippen molar-refractivity contribution in [2.24, 2.45) is 4.99 Å². The zero-order valence-electron chi connectivity index (χ0n) is 16.4. The van der Waals surface area contributed by atoms with Crippen molar-refractivity contribution in [2.45, 2.75) is 45.3 Å². The van der Waals surface area contributed by atoms with Gasteiger partial charge >= 0.3 is 0 Å². The topological polar surface area (TPSA) is 67.4 Å². The van der Waals surface area contributed by atoms with E-state index >= 15 is 0 Å². The largest absolute Gasteiger partial charge is 0.381 e. The monoisotopic (exact) mass is 484 g/mol. The van der Waals surface area contributed by atoms with Gasteiger partial charge < -0.3 is 24.8 Å². The Morgan fingerprint density at radius 2 is 1.85 bits per heavy atom. The van der Waals surface area contributed by atoms with Crippen LogP contribution in [0.15, 0.2) is 4.99 Å². The normalized spacial score (nSPS) is 21.1. The maximum atomic E-state index is 5.90. The van der Waals surface area contributed by atoms with Crippen molar-refractivity contribution in [3.8, 4) is 0 Å². The Balaban J connectivity index is 0.00000338. The second-order valence-corrected chi connectivity index (χ2v) is 6.68. The van der Waals surface area contributed by atoms with E-state index in [1.165, 1.54) is 0 Å². The van der Waals surface area contributed by atoms with E-state index in [0.717, 1.165) is 91.0 Å². The lowest BCUT2D eigenvalue weighted by Gasteiger charge is -2.31. The molecule has 7 nitrogen and oxygen atoms in total. The van der Waals surface area contributed by atoms with Crippen molar-refractivity contribution >= 4 is 29.9 Å². The van der Waals surface area contributed by atoms with Gasteiger partial charge in [0.25, 0.3) is 0 Å². The third-order valence-electron chi connectivity index (χ3n) is 4.66. The summed E-state index contributed by atoms with van der Waals surface area (Å²) in [5.41, 5.74) is 0. The molecule has 0 aromatic heterocycles. The summed E-state index contributed by atoms with van der Waals surface area (Å²) in [5, 5.41) is 6.73. The van der Waals surface area contributed by atoms with E-state index in [-0.39, 0.29) is 24.0 Å². The molecule has 2 aliphatic rings. The molecule has 0 aromatic rings. The summed E-state index contributed by atoms with van der Waals surface area (Å²) in [4.78, 5) is 7.17. The van der Waals surface area contributed by atoms with Crippen LogP contribution in [0.3, 0.4) is 0 Å². The molecule has 2 heterocycles. The van der Waals surface area contributed by atoms with Crippen LogP contribution in [0.1, 0.15) is 33.1 Å². The second kappa shape index (κ2) is 14.8. The van der Waals surface area contributed by atoms with Crippen LogP contribution in [0, 0.1) is 0 Å². The number of ether oxygens (including phenoxy) is 3. The number of nitrogens with zero attached hydrogens (tertiary/aromatic N) is 2. The van der Waals surface area contributed by atoms with Gasteiger partial charge in [0.1, 0.15) is 0 Å². The van der Waals surface area contributed by atoms with Crippen LogP contribution in [0.2, 0.25) is 0 Å². The Morgan fingerprint density at radius 1 is 1.15 bits per heavy atom. The summed E-state index contributed by atoms with van der Waals surface area (Å²) in [7, 11) is 0. The van der Waals surface area contributed by atoms with E-state index in [9.17, 15) is 0 Å². The molecule has 0 spiro atoms. The Labute approximate surface area is 175 Å². The van der Waals surface area contributed by atoms with Gasteiger partial charge in [-0.3, -0.25) is 9.89 Å². The van der Waals surface area contributed by atoms with Gasteiger partial charge in [-0.25, -0.2) is 0 Å². The van der Waals surface area contributed by atoms with E-state index in [2.05, 4.69) is 29.4 Å². The smallest absolute Gasteiger partial charge is 0.191 e. The van der Waals surface area contributed by atoms with Crippen LogP contribution >= 0.6 is 24.0 Å². The summed E-state index contributed by atoms with van der Waals surface area (Å²) < 4.78 is 16.7. The SMILES string of the molecule is CCNC(=NCC(C)N1CCOCC1)NCCCOC1CCOCC1.I. The molecule has 0 radical (unpaired) electrons. The predicted octanol–water partition coefficient (Wildman–Crippen LogP) is 1.47. The first-order valence-corrected chi connectivity index (χ1v) is 9.83. The number of rotatable bonds is 9. The minimum Gasteiger partial charge on any atom is -0.381 e. The Kier molecular flexibility index (Phi) is 13.6. The fourth-order valence-electron chi connectivity index (χ4n) is 3.07. The first kappa shape index (κ1) is 23.9. The highest BCUT2D eigenvalue weighted by Gasteiger charge is 2.16. The molecule has 2 rings (SSSR count). The highest BCUT2D eigenvalue weighted by atomic mass is 127. The van der Waals surface area contributed by atoms with Gasteiger partial charge in [-0.2, -0.15) is 0 Å². The summed E-state index contributed by atoms with van der Waals surface area (Å²) in [6.45, 7) is 13.0. The summed E-state index contributed by atoms with van der Waals surface area (Å²) in [6, 6.07) is 0.441. The highest BCUT2D eigenvalue weighted by molar-refractivity contribution is 14.0. The Hall–Kier alpha value is -0.160. The van der Waals surface area contributed by atoms with E-state index in [0.29, 0.717) is 12.1 Å².